The van der Waals surface area contributed by atoms with Crippen molar-refractivity contribution < 1.29 is 9.16 Å². The van der Waals surface area contributed by atoms with Crippen LogP contribution in [-0.4, -0.2) is 27.6 Å². The van der Waals surface area contributed by atoms with E-state index in [2.05, 4.69) is 39.2 Å². The predicted molar refractivity (Wildman–Crippen MR) is 99.8 cm³/mol. The van der Waals surface area contributed by atoms with E-state index < -0.39 is 8.32 Å². The lowest BCUT2D eigenvalue weighted by Gasteiger charge is -2.36. The average molecular weight is 376 g/mol. The second kappa shape index (κ2) is 7.42. The van der Waals surface area contributed by atoms with E-state index in [-0.39, 0.29) is 17.4 Å². The maximum Gasteiger partial charge on any atom is 0.191 e. The van der Waals surface area contributed by atoms with E-state index in [0.717, 1.165) is 25.1 Å². The molecule has 0 spiro atoms. The number of nitrogens with one attached hydrogen (secondary N) is 1. The lowest BCUT2D eigenvalue weighted by Crippen LogP contribution is -2.41. The van der Waals surface area contributed by atoms with Crippen LogP contribution in [0.3, 0.4) is 0 Å². The van der Waals surface area contributed by atoms with Crippen LogP contribution < -0.4 is 5.32 Å². The van der Waals surface area contributed by atoms with Gasteiger partial charge in [-0.3, -0.25) is 5.32 Å². The minimum atomic E-state index is -1.68. The molecule has 1 fully saturated rings. The maximum atomic E-state index is 6.22. The summed E-state index contributed by atoms with van der Waals surface area (Å²) in [6, 6.07) is 5.61. The Balaban J connectivity index is 1.83. The quantitative estimate of drug-likeness (QED) is 0.699. The Kier molecular flexibility index (Phi) is 6.20. The van der Waals surface area contributed by atoms with E-state index in [0.29, 0.717) is 10.0 Å². The maximum absolute atomic E-state index is 6.22. The molecule has 6 heteroatoms. The highest BCUT2D eigenvalue weighted by Gasteiger charge is 2.37. The standard InChI is InChI=1S/C17H27Cl2NO2Si/c1-17(2,3)23(4,5)21-9-8-13-11-20-16(22-13)12-6-7-14(18)15(19)10-12/h6-7,10,13,16,20H,8-9,11H2,1-5H3. The third kappa shape index (κ3) is 4.94. The molecular formula is C17H27Cl2NO2Si. The molecule has 23 heavy (non-hydrogen) atoms. The molecule has 1 saturated heterocycles. The molecule has 1 aromatic rings. The lowest BCUT2D eigenvalue weighted by molar-refractivity contribution is 0.0290. The summed E-state index contributed by atoms with van der Waals surface area (Å²) in [6.07, 6.45) is 0.944. The van der Waals surface area contributed by atoms with Crippen molar-refractivity contribution in [2.24, 2.45) is 0 Å². The molecule has 0 amide bonds. The summed E-state index contributed by atoms with van der Waals surface area (Å²) in [5.41, 5.74) is 1.01. The Morgan fingerprint density at radius 3 is 2.57 bits per heavy atom. The molecule has 130 valence electrons. The first-order valence-electron chi connectivity index (χ1n) is 8.08. The third-order valence-electron chi connectivity index (χ3n) is 4.81. The zero-order valence-corrected chi connectivity index (χ0v) is 17.1. The van der Waals surface area contributed by atoms with E-state index in [4.69, 9.17) is 32.4 Å². The molecule has 0 saturated carbocycles. The molecule has 1 aliphatic heterocycles. The van der Waals surface area contributed by atoms with Crippen LogP contribution in [0.15, 0.2) is 18.2 Å². The Labute approximate surface area is 150 Å². The first-order valence-corrected chi connectivity index (χ1v) is 11.7. The summed E-state index contributed by atoms with van der Waals surface area (Å²) in [5.74, 6) is 0. The van der Waals surface area contributed by atoms with Crippen molar-refractivity contribution in [3.8, 4) is 0 Å². The molecule has 0 aromatic heterocycles. The molecule has 2 atom stereocenters. The molecule has 2 unspecified atom stereocenters. The summed E-state index contributed by atoms with van der Waals surface area (Å²) < 4.78 is 12.3. The number of benzene rings is 1. The van der Waals surface area contributed by atoms with Crippen molar-refractivity contribution in [3.63, 3.8) is 0 Å². The van der Waals surface area contributed by atoms with Crippen molar-refractivity contribution in [2.75, 3.05) is 13.2 Å². The van der Waals surface area contributed by atoms with Crippen molar-refractivity contribution >= 4 is 31.5 Å². The second-order valence-electron chi connectivity index (χ2n) is 7.62. The van der Waals surface area contributed by atoms with Gasteiger partial charge in [-0.2, -0.15) is 0 Å². The van der Waals surface area contributed by atoms with Gasteiger partial charge in [0.15, 0.2) is 8.32 Å². The molecule has 1 aromatic carbocycles. The van der Waals surface area contributed by atoms with Gasteiger partial charge in [-0.1, -0.05) is 50.0 Å². The van der Waals surface area contributed by atoms with E-state index in [1.54, 1.807) is 6.07 Å². The highest BCUT2D eigenvalue weighted by molar-refractivity contribution is 6.74. The van der Waals surface area contributed by atoms with Gasteiger partial charge in [0.05, 0.1) is 16.1 Å². The van der Waals surface area contributed by atoms with Crippen molar-refractivity contribution in [2.45, 2.75) is 57.7 Å². The summed E-state index contributed by atoms with van der Waals surface area (Å²) in [7, 11) is -1.68. The smallest absolute Gasteiger partial charge is 0.191 e. The normalized spacial score (nSPS) is 22.6. The number of ether oxygens (including phenoxy) is 1. The fourth-order valence-corrected chi connectivity index (χ4v) is 3.60. The van der Waals surface area contributed by atoms with Gasteiger partial charge in [-0.25, -0.2) is 0 Å². The summed E-state index contributed by atoms with van der Waals surface area (Å²) in [5, 5.41) is 4.74. The monoisotopic (exact) mass is 375 g/mol. The van der Waals surface area contributed by atoms with Crippen LogP contribution in [-0.2, 0) is 9.16 Å². The van der Waals surface area contributed by atoms with Crippen LogP contribution in [0.5, 0.6) is 0 Å². The fourth-order valence-electron chi connectivity index (χ4n) is 2.23. The van der Waals surface area contributed by atoms with E-state index in [1.165, 1.54) is 0 Å². The van der Waals surface area contributed by atoms with Crippen LogP contribution >= 0.6 is 23.2 Å². The van der Waals surface area contributed by atoms with Crippen LogP contribution in [0.1, 0.15) is 39.0 Å². The van der Waals surface area contributed by atoms with Gasteiger partial charge in [0.2, 0.25) is 0 Å². The van der Waals surface area contributed by atoms with Gasteiger partial charge in [0.1, 0.15) is 6.23 Å². The summed E-state index contributed by atoms with van der Waals surface area (Å²) >= 11 is 12.0. The molecule has 0 bridgehead atoms. The number of hydrogen-bond donors (Lipinski definition) is 1. The number of halogens is 2. The first-order chi connectivity index (χ1) is 10.6. The summed E-state index contributed by atoms with van der Waals surface area (Å²) in [4.78, 5) is 0. The van der Waals surface area contributed by atoms with Crippen LogP contribution in [0.4, 0.5) is 0 Å². The molecule has 2 rings (SSSR count). The van der Waals surface area contributed by atoms with Crippen LogP contribution in [0.2, 0.25) is 28.2 Å². The van der Waals surface area contributed by atoms with Crippen LogP contribution in [0, 0.1) is 0 Å². The van der Waals surface area contributed by atoms with Gasteiger partial charge >= 0.3 is 0 Å². The zero-order valence-electron chi connectivity index (χ0n) is 14.6. The average Bonchev–Trinajstić information content (AvgIpc) is 2.89. The Morgan fingerprint density at radius 2 is 1.96 bits per heavy atom. The minimum Gasteiger partial charge on any atom is -0.417 e. The van der Waals surface area contributed by atoms with Gasteiger partial charge in [0, 0.05) is 13.2 Å². The summed E-state index contributed by atoms with van der Waals surface area (Å²) in [6.45, 7) is 12.9. The predicted octanol–water partition coefficient (Wildman–Crippen LogP) is 5.39. The van der Waals surface area contributed by atoms with E-state index in [9.17, 15) is 0 Å². The lowest BCUT2D eigenvalue weighted by atomic mass is 10.2. The fraction of sp³-hybridized carbons (Fsp3) is 0.647. The topological polar surface area (TPSA) is 30.5 Å². The largest absolute Gasteiger partial charge is 0.417 e. The molecule has 0 radical (unpaired) electrons. The molecule has 1 aliphatic rings. The Hall–Kier alpha value is -0.103. The SMILES string of the molecule is CC(C)(C)[Si](C)(C)OCCC1CNC(c2ccc(Cl)c(Cl)c2)O1. The van der Waals surface area contributed by atoms with E-state index in [1.807, 2.05) is 12.1 Å². The molecule has 0 aliphatic carbocycles. The van der Waals surface area contributed by atoms with Gasteiger partial charge < -0.3 is 9.16 Å². The highest BCUT2D eigenvalue weighted by atomic mass is 35.5. The van der Waals surface area contributed by atoms with Gasteiger partial charge in [0.25, 0.3) is 0 Å². The van der Waals surface area contributed by atoms with Gasteiger partial charge in [-0.05, 0) is 42.2 Å². The van der Waals surface area contributed by atoms with Crippen molar-refractivity contribution in [1.82, 2.24) is 5.32 Å². The first kappa shape index (κ1) is 19.2. The van der Waals surface area contributed by atoms with E-state index >= 15 is 0 Å². The minimum absolute atomic E-state index is 0.123. The molecule has 3 nitrogen and oxygen atoms in total. The number of rotatable bonds is 5. The molecule has 1 heterocycles. The number of hydrogen-bond acceptors (Lipinski definition) is 3. The zero-order chi connectivity index (χ0) is 17.3. The van der Waals surface area contributed by atoms with Gasteiger partial charge in [-0.15, -0.1) is 0 Å². The Bertz CT molecular complexity index is 546. The van der Waals surface area contributed by atoms with Crippen molar-refractivity contribution in [1.29, 1.82) is 0 Å². The third-order valence-corrected chi connectivity index (χ3v) is 10.1. The Morgan fingerprint density at radius 1 is 1.26 bits per heavy atom. The second-order valence-corrected chi connectivity index (χ2v) is 13.2. The van der Waals surface area contributed by atoms with Crippen LogP contribution in [0.25, 0.3) is 0 Å². The highest BCUT2D eigenvalue weighted by Crippen LogP contribution is 2.37. The molecule has 1 N–H and O–H groups in total. The molecular weight excluding hydrogens is 349 g/mol. The van der Waals surface area contributed by atoms with Crippen molar-refractivity contribution in [3.05, 3.63) is 33.8 Å².